The van der Waals surface area contributed by atoms with Crippen molar-refractivity contribution >= 4 is 40.1 Å². The molecule has 1 aromatic heterocycles. The van der Waals surface area contributed by atoms with Gasteiger partial charge in [0.15, 0.2) is 5.78 Å². The van der Waals surface area contributed by atoms with Crippen LogP contribution in [0.2, 0.25) is 0 Å². The summed E-state index contributed by atoms with van der Waals surface area (Å²) < 4.78 is 1.95. The molecule has 3 amide bonds. The number of nitrogens with one attached hydrogen (secondary N) is 3. The Bertz CT molecular complexity index is 1210. The lowest BCUT2D eigenvalue weighted by Gasteiger charge is -2.14. The topological polar surface area (TPSA) is 109 Å². The lowest BCUT2D eigenvalue weighted by atomic mass is 10.1. The van der Waals surface area contributed by atoms with Gasteiger partial charge in [-0.2, -0.15) is 0 Å². The van der Waals surface area contributed by atoms with Gasteiger partial charge in [-0.3, -0.25) is 19.2 Å². The van der Waals surface area contributed by atoms with Gasteiger partial charge >= 0.3 is 0 Å². The summed E-state index contributed by atoms with van der Waals surface area (Å²) in [6.07, 6.45) is 2.10. The van der Waals surface area contributed by atoms with Gasteiger partial charge < -0.3 is 20.5 Å². The van der Waals surface area contributed by atoms with Gasteiger partial charge in [0.2, 0.25) is 11.8 Å². The molecule has 2 aromatic carbocycles. The Kier molecular flexibility index (Phi) is 6.02. The number of carbonyl (C=O) groups is 4. The largest absolute Gasteiger partial charge is 0.354 e. The van der Waals surface area contributed by atoms with Gasteiger partial charge in [-0.15, -0.1) is 0 Å². The second-order valence-electron chi connectivity index (χ2n) is 7.76. The van der Waals surface area contributed by atoms with E-state index in [0.29, 0.717) is 29.9 Å². The second kappa shape index (κ2) is 9.05. The fourth-order valence-electron chi connectivity index (χ4n) is 3.91. The van der Waals surface area contributed by atoms with E-state index in [9.17, 15) is 19.2 Å². The number of fused-ring (bicyclic) bond motifs is 2. The predicted octanol–water partition coefficient (Wildman–Crippen LogP) is 2.49. The van der Waals surface area contributed by atoms with E-state index < -0.39 is 6.04 Å². The number of para-hydroxylation sites is 2. The monoisotopic (exact) mass is 432 g/mol. The van der Waals surface area contributed by atoms with Crippen molar-refractivity contribution in [2.24, 2.45) is 0 Å². The normalized spacial score (nSPS) is 15.5. The average Bonchev–Trinajstić information content (AvgIpc) is 3.10. The number of benzene rings is 2. The standard InChI is InChI=1S/C24H24N4O4/c1-15(29)18-14-28(21-9-5-3-6-16(18)21)13-12-25-22(30)11-10-20-24(32)26-19-8-4-2-7-17(19)23(31)27-20/h2-9,14,20H,10-13H2,1H3,(H,25,30)(H,26,32)(H,27,31)/t20-/m1/s1. The number of aromatic nitrogens is 1. The van der Waals surface area contributed by atoms with Gasteiger partial charge in [-0.25, -0.2) is 0 Å². The molecule has 4 rings (SSSR count). The van der Waals surface area contributed by atoms with Crippen LogP contribution in [0.15, 0.2) is 54.7 Å². The van der Waals surface area contributed by atoms with E-state index in [2.05, 4.69) is 16.0 Å². The third kappa shape index (κ3) is 4.39. The van der Waals surface area contributed by atoms with Crippen LogP contribution in [0.1, 0.15) is 40.5 Å². The van der Waals surface area contributed by atoms with Crippen molar-refractivity contribution in [3.8, 4) is 0 Å². The number of Topliss-reactive ketones (excluding diaryl/α,β-unsaturated/α-hetero) is 1. The van der Waals surface area contributed by atoms with Crippen LogP contribution in [0, 0.1) is 0 Å². The molecule has 3 N–H and O–H groups in total. The smallest absolute Gasteiger partial charge is 0.254 e. The summed E-state index contributed by atoms with van der Waals surface area (Å²) in [6, 6.07) is 13.6. The van der Waals surface area contributed by atoms with E-state index in [1.54, 1.807) is 24.3 Å². The number of amides is 3. The van der Waals surface area contributed by atoms with Gasteiger partial charge in [0.1, 0.15) is 6.04 Å². The van der Waals surface area contributed by atoms with Crippen molar-refractivity contribution in [2.45, 2.75) is 32.4 Å². The van der Waals surface area contributed by atoms with Gasteiger partial charge in [0.05, 0.1) is 11.3 Å². The van der Waals surface area contributed by atoms with Crippen LogP contribution >= 0.6 is 0 Å². The fraction of sp³-hybridized carbons (Fsp3) is 0.250. The first-order valence-corrected chi connectivity index (χ1v) is 10.5. The molecule has 164 valence electrons. The molecule has 0 fully saturated rings. The minimum absolute atomic E-state index is 0.00476. The third-order valence-electron chi connectivity index (χ3n) is 5.55. The summed E-state index contributed by atoms with van der Waals surface area (Å²) in [6.45, 7) is 2.42. The van der Waals surface area contributed by atoms with Crippen LogP contribution in [-0.4, -0.2) is 40.7 Å². The van der Waals surface area contributed by atoms with E-state index in [4.69, 9.17) is 0 Å². The number of carbonyl (C=O) groups excluding carboxylic acids is 4. The summed E-state index contributed by atoms with van der Waals surface area (Å²) in [5, 5.41) is 9.16. The van der Waals surface area contributed by atoms with E-state index in [-0.39, 0.29) is 36.3 Å². The first kappa shape index (κ1) is 21.3. The van der Waals surface area contributed by atoms with Crippen molar-refractivity contribution in [3.63, 3.8) is 0 Å². The van der Waals surface area contributed by atoms with E-state index in [1.807, 2.05) is 35.0 Å². The minimum atomic E-state index is -0.785. The SMILES string of the molecule is CC(=O)c1cn(CCNC(=O)CC[C@H]2NC(=O)c3ccccc3NC2=O)c2ccccc12. The first-order valence-electron chi connectivity index (χ1n) is 10.5. The molecule has 0 unspecified atom stereocenters. The Morgan fingerprint density at radius 3 is 2.62 bits per heavy atom. The highest BCUT2D eigenvalue weighted by Crippen LogP contribution is 2.22. The number of hydrogen-bond donors (Lipinski definition) is 3. The van der Waals surface area contributed by atoms with Gasteiger partial charge in [-0.05, 0) is 31.5 Å². The average molecular weight is 432 g/mol. The quantitative estimate of drug-likeness (QED) is 0.498. The number of ketones is 1. The van der Waals surface area contributed by atoms with E-state index in [1.165, 1.54) is 6.92 Å². The van der Waals surface area contributed by atoms with Crippen LogP contribution in [0.25, 0.3) is 10.9 Å². The van der Waals surface area contributed by atoms with Crippen molar-refractivity contribution in [1.82, 2.24) is 15.2 Å². The summed E-state index contributed by atoms with van der Waals surface area (Å²) >= 11 is 0. The second-order valence-corrected chi connectivity index (χ2v) is 7.76. The van der Waals surface area contributed by atoms with E-state index >= 15 is 0 Å². The van der Waals surface area contributed by atoms with Crippen LogP contribution in [0.5, 0.6) is 0 Å². The molecule has 0 aliphatic carbocycles. The lowest BCUT2D eigenvalue weighted by Crippen LogP contribution is -2.42. The highest BCUT2D eigenvalue weighted by Gasteiger charge is 2.27. The van der Waals surface area contributed by atoms with Gasteiger partial charge in [0, 0.05) is 42.2 Å². The zero-order valence-electron chi connectivity index (χ0n) is 17.7. The maximum Gasteiger partial charge on any atom is 0.254 e. The third-order valence-corrected chi connectivity index (χ3v) is 5.55. The number of nitrogens with zero attached hydrogens (tertiary/aromatic N) is 1. The number of hydrogen-bond acceptors (Lipinski definition) is 4. The molecule has 3 aromatic rings. The van der Waals surface area contributed by atoms with Crippen molar-refractivity contribution in [1.29, 1.82) is 0 Å². The summed E-state index contributed by atoms with van der Waals surface area (Å²) in [4.78, 5) is 49.0. The Hall–Kier alpha value is -3.94. The Balaban J connectivity index is 1.31. The molecular formula is C24H24N4O4. The van der Waals surface area contributed by atoms with Crippen LogP contribution in [0.3, 0.4) is 0 Å². The Morgan fingerprint density at radius 1 is 1.06 bits per heavy atom. The lowest BCUT2D eigenvalue weighted by molar-refractivity contribution is -0.121. The predicted molar refractivity (Wildman–Crippen MR) is 121 cm³/mol. The molecule has 1 atom stereocenters. The Labute approximate surface area is 185 Å². The first-order chi connectivity index (χ1) is 15.4. The van der Waals surface area contributed by atoms with Gasteiger partial charge in [-0.1, -0.05) is 30.3 Å². The summed E-state index contributed by atoms with van der Waals surface area (Å²) in [7, 11) is 0. The van der Waals surface area contributed by atoms with Gasteiger partial charge in [0.25, 0.3) is 5.91 Å². The van der Waals surface area contributed by atoms with Crippen LogP contribution in [-0.2, 0) is 16.1 Å². The minimum Gasteiger partial charge on any atom is -0.354 e. The zero-order chi connectivity index (χ0) is 22.7. The molecule has 8 heteroatoms. The highest BCUT2D eigenvalue weighted by molar-refractivity contribution is 6.10. The molecule has 0 saturated heterocycles. The maximum atomic E-state index is 12.4. The maximum absolute atomic E-state index is 12.4. The molecule has 1 aliphatic heterocycles. The highest BCUT2D eigenvalue weighted by atomic mass is 16.2. The molecule has 32 heavy (non-hydrogen) atoms. The zero-order valence-corrected chi connectivity index (χ0v) is 17.7. The summed E-state index contributed by atoms with van der Waals surface area (Å²) in [5.41, 5.74) is 2.45. The molecule has 0 bridgehead atoms. The van der Waals surface area contributed by atoms with Crippen molar-refractivity contribution in [3.05, 3.63) is 65.9 Å². The fourth-order valence-corrected chi connectivity index (χ4v) is 3.91. The molecule has 0 radical (unpaired) electrons. The van der Waals surface area contributed by atoms with Crippen LogP contribution < -0.4 is 16.0 Å². The molecule has 2 heterocycles. The Morgan fingerprint density at radius 2 is 1.81 bits per heavy atom. The molecule has 8 nitrogen and oxygen atoms in total. The number of anilines is 1. The molecule has 1 aliphatic rings. The van der Waals surface area contributed by atoms with Crippen molar-refractivity contribution in [2.75, 3.05) is 11.9 Å². The number of rotatable bonds is 7. The van der Waals surface area contributed by atoms with Crippen LogP contribution in [0.4, 0.5) is 5.69 Å². The summed E-state index contributed by atoms with van der Waals surface area (Å²) in [5.74, 6) is -0.899. The van der Waals surface area contributed by atoms with E-state index in [0.717, 1.165) is 10.9 Å². The molecule has 0 saturated carbocycles. The molecule has 0 spiro atoms. The molecular weight excluding hydrogens is 408 g/mol. The van der Waals surface area contributed by atoms with Crippen molar-refractivity contribution < 1.29 is 19.2 Å².